The number of guanidine groups is 1. The lowest BCUT2D eigenvalue weighted by atomic mass is 10.1. The molecule has 0 spiro atoms. The molecule has 0 aliphatic carbocycles. The fourth-order valence-electron chi connectivity index (χ4n) is 2.48. The lowest BCUT2D eigenvalue weighted by Crippen LogP contribution is -2.36. The molecular weight excluding hydrogens is 336 g/mol. The van der Waals surface area contributed by atoms with Crippen LogP contribution in [0.3, 0.4) is 0 Å². The maximum Gasteiger partial charge on any atom is 0.191 e. The molecule has 27 heavy (non-hydrogen) atoms. The van der Waals surface area contributed by atoms with Crippen LogP contribution in [0, 0.1) is 6.92 Å². The third-order valence-corrected chi connectivity index (χ3v) is 4.05. The van der Waals surface area contributed by atoms with Gasteiger partial charge in [0, 0.05) is 19.6 Å². The van der Waals surface area contributed by atoms with E-state index in [0.717, 1.165) is 36.9 Å². The number of nitrogens with one attached hydrogen (secondary N) is 2. The van der Waals surface area contributed by atoms with Crippen molar-refractivity contribution in [1.82, 2.24) is 15.5 Å². The largest absolute Gasteiger partial charge is 0.492 e. The molecule has 0 amide bonds. The number of hydrogen-bond donors (Lipinski definition) is 2. The van der Waals surface area contributed by atoms with Gasteiger partial charge in [-0.3, -0.25) is 0 Å². The minimum Gasteiger partial charge on any atom is -0.492 e. The Hall–Kier alpha value is -2.53. The molecule has 2 rings (SSSR count). The first-order valence-corrected chi connectivity index (χ1v) is 9.51. The van der Waals surface area contributed by atoms with Gasteiger partial charge in [0.1, 0.15) is 12.4 Å². The number of aliphatic imine (C=N–C) groups is 1. The molecule has 5 nitrogen and oxygen atoms in total. The number of nitrogens with zero attached hydrogens (tertiary/aromatic N) is 2. The van der Waals surface area contributed by atoms with Crippen molar-refractivity contribution in [2.24, 2.45) is 4.99 Å². The molecule has 0 unspecified atom stereocenters. The Bertz CT molecular complexity index is 711. The third kappa shape index (κ3) is 8.13. The minimum atomic E-state index is 0.605. The van der Waals surface area contributed by atoms with E-state index >= 15 is 0 Å². The summed E-state index contributed by atoms with van der Waals surface area (Å²) in [5, 5.41) is 6.69. The lowest BCUT2D eigenvalue weighted by Gasteiger charge is -2.13. The molecule has 0 saturated heterocycles. The summed E-state index contributed by atoms with van der Waals surface area (Å²) in [7, 11) is 4.08. The molecule has 2 aromatic carbocycles. The van der Waals surface area contributed by atoms with Crippen molar-refractivity contribution in [3.63, 3.8) is 0 Å². The topological polar surface area (TPSA) is 48.9 Å². The van der Waals surface area contributed by atoms with Gasteiger partial charge in [0.25, 0.3) is 0 Å². The Kier molecular flexibility index (Phi) is 8.65. The van der Waals surface area contributed by atoms with E-state index in [2.05, 4.69) is 65.8 Å². The summed E-state index contributed by atoms with van der Waals surface area (Å²) in [6.45, 7) is 7.93. The van der Waals surface area contributed by atoms with Gasteiger partial charge in [-0.05, 0) is 51.2 Å². The van der Waals surface area contributed by atoms with E-state index in [1.807, 2.05) is 26.2 Å². The molecule has 0 aromatic heterocycles. The predicted molar refractivity (Wildman–Crippen MR) is 113 cm³/mol. The van der Waals surface area contributed by atoms with Crippen LogP contribution in [0.5, 0.6) is 5.75 Å². The van der Waals surface area contributed by atoms with Crippen LogP contribution in [-0.4, -0.2) is 44.7 Å². The van der Waals surface area contributed by atoms with Crippen LogP contribution in [0.2, 0.25) is 0 Å². The van der Waals surface area contributed by atoms with Gasteiger partial charge in [-0.15, -0.1) is 0 Å². The Morgan fingerprint density at radius 2 is 1.81 bits per heavy atom. The first-order valence-electron chi connectivity index (χ1n) is 9.51. The van der Waals surface area contributed by atoms with Crippen molar-refractivity contribution >= 4 is 5.96 Å². The summed E-state index contributed by atoms with van der Waals surface area (Å²) in [5.41, 5.74) is 3.64. The maximum atomic E-state index is 5.81. The molecular formula is C22H32N4O. The fraction of sp³-hybridized carbons (Fsp3) is 0.409. The van der Waals surface area contributed by atoms with Gasteiger partial charge in [-0.2, -0.15) is 0 Å². The van der Waals surface area contributed by atoms with Crippen LogP contribution in [0.15, 0.2) is 53.5 Å². The molecule has 146 valence electrons. The second-order valence-corrected chi connectivity index (χ2v) is 6.83. The standard InChI is InChI=1S/C22H32N4O/c1-5-23-22(24-16-19-11-9-18(2)10-12-19)25-17-20-7-6-8-21(15-20)27-14-13-26(3)4/h6-12,15H,5,13-14,16-17H2,1-4H3,(H2,23,24,25). The van der Waals surface area contributed by atoms with E-state index in [9.17, 15) is 0 Å². The SMILES string of the molecule is CCNC(=NCc1cccc(OCCN(C)C)c1)NCc1ccc(C)cc1. The summed E-state index contributed by atoms with van der Waals surface area (Å²) in [5.74, 6) is 1.71. The Morgan fingerprint density at radius 3 is 2.52 bits per heavy atom. The summed E-state index contributed by atoms with van der Waals surface area (Å²) in [6.07, 6.45) is 0. The molecule has 0 radical (unpaired) electrons. The highest BCUT2D eigenvalue weighted by Gasteiger charge is 2.01. The van der Waals surface area contributed by atoms with Crippen molar-refractivity contribution < 1.29 is 4.74 Å². The van der Waals surface area contributed by atoms with E-state index in [0.29, 0.717) is 13.2 Å². The first kappa shape index (κ1) is 20.8. The van der Waals surface area contributed by atoms with E-state index in [4.69, 9.17) is 9.73 Å². The molecule has 0 heterocycles. The minimum absolute atomic E-state index is 0.605. The van der Waals surface area contributed by atoms with Gasteiger partial charge in [0.15, 0.2) is 5.96 Å². The molecule has 5 heteroatoms. The van der Waals surface area contributed by atoms with Gasteiger partial charge in [-0.25, -0.2) is 4.99 Å². The zero-order chi connectivity index (χ0) is 19.5. The van der Waals surface area contributed by atoms with E-state index < -0.39 is 0 Å². The predicted octanol–water partition coefficient (Wildman–Crippen LogP) is 3.19. The molecule has 2 N–H and O–H groups in total. The van der Waals surface area contributed by atoms with Crippen LogP contribution in [0.4, 0.5) is 0 Å². The average Bonchev–Trinajstić information content (AvgIpc) is 2.65. The highest BCUT2D eigenvalue weighted by molar-refractivity contribution is 5.79. The molecule has 0 aliphatic heterocycles. The number of rotatable bonds is 9. The molecule has 0 aliphatic rings. The Labute approximate surface area is 163 Å². The Balaban J connectivity index is 1.92. The second-order valence-electron chi connectivity index (χ2n) is 6.83. The third-order valence-electron chi connectivity index (χ3n) is 4.05. The second kappa shape index (κ2) is 11.2. The highest BCUT2D eigenvalue weighted by Crippen LogP contribution is 2.14. The van der Waals surface area contributed by atoms with Crippen molar-refractivity contribution in [2.75, 3.05) is 33.8 Å². The number of likely N-dealkylation sites (N-methyl/N-ethyl adjacent to an activating group) is 1. The normalized spacial score (nSPS) is 11.5. The quantitative estimate of drug-likeness (QED) is 0.527. The number of benzene rings is 2. The molecule has 0 bridgehead atoms. The van der Waals surface area contributed by atoms with E-state index in [1.165, 1.54) is 11.1 Å². The molecule has 0 fully saturated rings. The lowest BCUT2D eigenvalue weighted by molar-refractivity contribution is 0.261. The summed E-state index contributed by atoms with van der Waals surface area (Å²) < 4.78 is 5.81. The van der Waals surface area contributed by atoms with Gasteiger partial charge in [-0.1, -0.05) is 42.0 Å². The zero-order valence-corrected chi connectivity index (χ0v) is 17.0. The maximum absolute atomic E-state index is 5.81. The monoisotopic (exact) mass is 368 g/mol. The van der Waals surface area contributed by atoms with Gasteiger partial charge in [0.05, 0.1) is 6.54 Å². The average molecular weight is 369 g/mol. The summed E-state index contributed by atoms with van der Waals surface area (Å²) in [4.78, 5) is 6.80. The molecule has 0 saturated carbocycles. The molecule has 2 aromatic rings. The Morgan fingerprint density at radius 1 is 1.04 bits per heavy atom. The number of hydrogen-bond acceptors (Lipinski definition) is 3. The highest BCUT2D eigenvalue weighted by atomic mass is 16.5. The summed E-state index contributed by atoms with van der Waals surface area (Å²) in [6, 6.07) is 16.7. The van der Waals surface area contributed by atoms with Crippen LogP contribution in [0.1, 0.15) is 23.6 Å². The van der Waals surface area contributed by atoms with Crippen LogP contribution in [-0.2, 0) is 13.1 Å². The van der Waals surface area contributed by atoms with Crippen LogP contribution >= 0.6 is 0 Å². The van der Waals surface area contributed by atoms with Gasteiger partial charge in [0.2, 0.25) is 0 Å². The van der Waals surface area contributed by atoms with Crippen molar-refractivity contribution in [3.8, 4) is 5.75 Å². The van der Waals surface area contributed by atoms with E-state index in [1.54, 1.807) is 0 Å². The van der Waals surface area contributed by atoms with Crippen molar-refractivity contribution in [2.45, 2.75) is 26.9 Å². The summed E-state index contributed by atoms with van der Waals surface area (Å²) >= 11 is 0. The first-order chi connectivity index (χ1) is 13.1. The zero-order valence-electron chi connectivity index (χ0n) is 17.0. The van der Waals surface area contributed by atoms with Crippen LogP contribution in [0.25, 0.3) is 0 Å². The number of ether oxygens (including phenoxy) is 1. The number of aryl methyl sites for hydroxylation is 1. The van der Waals surface area contributed by atoms with Gasteiger partial charge < -0.3 is 20.3 Å². The smallest absolute Gasteiger partial charge is 0.191 e. The molecule has 0 atom stereocenters. The van der Waals surface area contributed by atoms with E-state index in [-0.39, 0.29) is 0 Å². The fourth-order valence-corrected chi connectivity index (χ4v) is 2.48. The van der Waals surface area contributed by atoms with Gasteiger partial charge >= 0.3 is 0 Å². The van der Waals surface area contributed by atoms with Crippen molar-refractivity contribution in [3.05, 3.63) is 65.2 Å². The van der Waals surface area contributed by atoms with Crippen molar-refractivity contribution in [1.29, 1.82) is 0 Å². The van der Waals surface area contributed by atoms with Crippen LogP contribution < -0.4 is 15.4 Å².